The van der Waals surface area contributed by atoms with E-state index in [4.69, 9.17) is 4.74 Å². The molecule has 0 bridgehead atoms. The largest absolute Gasteiger partial charge is 0.503 e. The fraction of sp³-hybridized carbons (Fsp3) is 0.125. The van der Waals surface area contributed by atoms with E-state index in [1.54, 1.807) is 36.7 Å². The van der Waals surface area contributed by atoms with Gasteiger partial charge in [-0.05, 0) is 45.1 Å². The van der Waals surface area contributed by atoms with E-state index in [-0.39, 0.29) is 5.75 Å². The first-order valence-corrected chi connectivity index (χ1v) is 9.47. The molecular formula is C16H14BrN3O2S2. The van der Waals surface area contributed by atoms with Gasteiger partial charge in [0.15, 0.2) is 11.5 Å². The minimum Gasteiger partial charge on any atom is -0.503 e. The number of rotatable bonds is 4. The van der Waals surface area contributed by atoms with Crippen LogP contribution in [0.2, 0.25) is 0 Å². The smallest absolute Gasteiger partial charge is 0.205 e. The van der Waals surface area contributed by atoms with E-state index in [9.17, 15) is 5.11 Å². The van der Waals surface area contributed by atoms with Gasteiger partial charge in [-0.1, -0.05) is 6.07 Å². The van der Waals surface area contributed by atoms with Crippen LogP contribution in [0.4, 0.5) is 0 Å². The van der Waals surface area contributed by atoms with Crippen molar-refractivity contribution in [1.82, 2.24) is 4.68 Å². The van der Waals surface area contributed by atoms with E-state index in [0.29, 0.717) is 10.2 Å². The first kappa shape index (κ1) is 16.9. The molecule has 0 aliphatic heterocycles. The minimum absolute atomic E-state index is 0.0707. The van der Waals surface area contributed by atoms with Gasteiger partial charge in [-0.25, -0.2) is 4.68 Å². The molecule has 0 unspecified atom stereocenters. The number of halogens is 1. The van der Waals surface area contributed by atoms with E-state index in [0.717, 1.165) is 20.9 Å². The Balaban J connectivity index is 2.04. The van der Waals surface area contributed by atoms with Crippen LogP contribution in [0, 0.1) is 0 Å². The third-order valence-corrected chi connectivity index (χ3v) is 5.65. The fourth-order valence-corrected chi connectivity index (χ4v) is 4.16. The van der Waals surface area contributed by atoms with Crippen molar-refractivity contribution in [2.75, 3.05) is 14.2 Å². The van der Waals surface area contributed by atoms with Gasteiger partial charge in [0, 0.05) is 12.4 Å². The number of phenols is 1. The summed E-state index contributed by atoms with van der Waals surface area (Å²) < 4.78 is 7.53. The Bertz CT molecular complexity index is 943. The molecule has 0 aliphatic rings. The Morgan fingerprint density at radius 1 is 1.33 bits per heavy atom. The van der Waals surface area contributed by atoms with E-state index >= 15 is 0 Å². The number of phenolic OH excluding ortho intramolecular Hbond substituents is 1. The third-order valence-electron chi connectivity index (χ3n) is 3.24. The lowest BCUT2D eigenvalue weighted by molar-refractivity contribution is 0.372. The highest BCUT2D eigenvalue weighted by atomic mass is 79.9. The van der Waals surface area contributed by atoms with Gasteiger partial charge in [-0.15, -0.1) is 22.7 Å². The monoisotopic (exact) mass is 423 g/mol. The molecule has 3 aromatic rings. The molecule has 2 heterocycles. The second-order valence-electron chi connectivity index (χ2n) is 4.71. The Labute approximate surface area is 155 Å². The number of aromatic hydroxyl groups is 1. The summed E-state index contributed by atoms with van der Waals surface area (Å²) in [5, 5.41) is 18.5. The molecule has 124 valence electrons. The number of thiophene rings is 1. The molecule has 0 saturated heterocycles. The second kappa shape index (κ2) is 7.33. The van der Waals surface area contributed by atoms with E-state index < -0.39 is 0 Å². The lowest BCUT2D eigenvalue weighted by Gasteiger charge is -2.06. The highest BCUT2D eigenvalue weighted by molar-refractivity contribution is 9.10. The summed E-state index contributed by atoms with van der Waals surface area (Å²) in [6, 6.07) is 7.57. The van der Waals surface area contributed by atoms with Crippen molar-refractivity contribution in [1.29, 1.82) is 0 Å². The predicted octanol–water partition coefficient (Wildman–Crippen LogP) is 4.17. The summed E-state index contributed by atoms with van der Waals surface area (Å²) in [5.41, 5.74) is 1.80. The maximum atomic E-state index is 9.89. The molecule has 8 heteroatoms. The van der Waals surface area contributed by atoms with Crippen LogP contribution < -0.4 is 9.54 Å². The fourth-order valence-electron chi connectivity index (χ4n) is 2.11. The van der Waals surface area contributed by atoms with E-state index in [1.807, 2.05) is 21.5 Å². The Hall–Kier alpha value is -1.90. The van der Waals surface area contributed by atoms with Crippen molar-refractivity contribution in [3.8, 4) is 22.1 Å². The number of thiazole rings is 1. The number of hydrogen-bond acceptors (Lipinski definition) is 6. The first-order chi connectivity index (χ1) is 11.6. The molecule has 0 aliphatic carbocycles. The van der Waals surface area contributed by atoms with Crippen molar-refractivity contribution in [2.24, 2.45) is 10.1 Å². The summed E-state index contributed by atoms with van der Waals surface area (Å²) in [6.45, 7) is 0. The molecule has 3 rings (SSSR count). The van der Waals surface area contributed by atoms with Crippen molar-refractivity contribution in [3.63, 3.8) is 0 Å². The summed E-state index contributed by atoms with van der Waals surface area (Å²) in [7, 11) is 3.26. The summed E-state index contributed by atoms with van der Waals surface area (Å²) in [5.74, 6) is 0.460. The van der Waals surface area contributed by atoms with Crippen molar-refractivity contribution < 1.29 is 9.84 Å². The van der Waals surface area contributed by atoms with Crippen molar-refractivity contribution >= 4 is 44.8 Å². The van der Waals surface area contributed by atoms with Gasteiger partial charge in [-0.2, -0.15) is 5.10 Å². The molecular weight excluding hydrogens is 410 g/mol. The minimum atomic E-state index is 0.0707. The van der Waals surface area contributed by atoms with Gasteiger partial charge < -0.3 is 9.84 Å². The van der Waals surface area contributed by atoms with Crippen LogP contribution in [-0.4, -0.2) is 30.2 Å². The van der Waals surface area contributed by atoms with Crippen LogP contribution in [0.1, 0.15) is 5.56 Å². The lowest BCUT2D eigenvalue weighted by atomic mass is 10.2. The maximum Gasteiger partial charge on any atom is 0.205 e. The number of nitrogens with zero attached hydrogens (tertiary/aromatic N) is 3. The number of ether oxygens (including phenoxy) is 1. The van der Waals surface area contributed by atoms with Gasteiger partial charge in [0.25, 0.3) is 0 Å². The Kier molecular flexibility index (Phi) is 5.17. The topological polar surface area (TPSA) is 59.1 Å². The average Bonchev–Trinajstić information content (AvgIpc) is 3.24. The molecule has 0 saturated carbocycles. The summed E-state index contributed by atoms with van der Waals surface area (Å²) in [4.78, 5) is 6.21. The Morgan fingerprint density at radius 2 is 2.17 bits per heavy atom. The highest BCUT2D eigenvalue weighted by Crippen LogP contribution is 2.34. The molecule has 0 atom stereocenters. The summed E-state index contributed by atoms with van der Waals surface area (Å²) >= 11 is 6.51. The zero-order valence-electron chi connectivity index (χ0n) is 12.9. The molecule has 5 nitrogen and oxygen atoms in total. The van der Waals surface area contributed by atoms with Crippen LogP contribution >= 0.6 is 38.6 Å². The molecule has 0 amide bonds. The molecule has 0 radical (unpaired) electrons. The standard InChI is InChI=1S/C16H14BrN3O2S2/c1-18-16-20(12(9-24-16)14-4-3-5-23-14)19-8-10-6-11(17)15(21)13(7-10)22-2/h3-9,21H,1-2H3. The van der Waals surface area contributed by atoms with E-state index in [2.05, 4.69) is 32.1 Å². The molecule has 24 heavy (non-hydrogen) atoms. The summed E-state index contributed by atoms with van der Waals surface area (Å²) in [6.07, 6.45) is 1.71. The number of hydrogen-bond donors (Lipinski definition) is 1. The molecule has 1 N–H and O–H groups in total. The molecule has 0 fully saturated rings. The van der Waals surface area contributed by atoms with Crippen molar-refractivity contribution in [2.45, 2.75) is 0 Å². The van der Waals surface area contributed by atoms with Crippen LogP contribution in [0.25, 0.3) is 10.6 Å². The lowest BCUT2D eigenvalue weighted by Crippen LogP contribution is -2.11. The van der Waals surface area contributed by atoms with Crippen molar-refractivity contribution in [3.05, 3.63) is 49.9 Å². The average molecular weight is 424 g/mol. The van der Waals surface area contributed by atoms with Crippen LogP contribution in [0.5, 0.6) is 11.5 Å². The van der Waals surface area contributed by atoms with Gasteiger partial charge in [0.05, 0.1) is 28.4 Å². The van der Waals surface area contributed by atoms with Gasteiger partial charge in [0.1, 0.15) is 0 Å². The van der Waals surface area contributed by atoms with Gasteiger partial charge in [-0.3, -0.25) is 4.99 Å². The van der Waals surface area contributed by atoms with Gasteiger partial charge in [0.2, 0.25) is 4.80 Å². The molecule has 0 spiro atoms. The molecule has 2 aromatic heterocycles. The number of aromatic nitrogens is 1. The SMILES string of the molecule is CN=c1scc(-c2cccs2)n1N=Cc1cc(Br)c(O)c(OC)c1. The highest BCUT2D eigenvalue weighted by Gasteiger charge is 2.09. The zero-order valence-corrected chi connectivity index (χ0v) is 16.2. The quantitative estimate of drug-likeness (QED) is 0.640. The van der Waals surface area contributed by atoms with Gasteiger partial charge >= 0.3 is 0 Å². The molecule has 1 aromatic carbocycles. The third kappa shape index (κ3) is 3.31. The number of benzene rings is 1. The Morgan fingerprint density at radius 3 is 2.83 bits per heavy atom. The maximum absolute atomic E-state index is 9.89. The van der Waals surface area contributed by atoms with Crippen LogP contribution in [-0.2, 0) is 0 Å². The second-order valence-corrected chi connectivity index (χ2v) is 7.35. The van der Waals surface area contributed by atoms with E-state index in [1.165, 1.54) is 18.4 Å². The zero-order chi connectivity index (χ0) is 17.1. The van der Waals surface area contributed by atoms with Crippen LogP contribution in [0.3, 0.4) is 0 Å². The van der Waals surface area contributed by atoms with Crippen LogP contribution in [0.15, 0.2) is 49.6 Å². The predicted molar refractivity (Wildman–Crippen MR) is 102 cm³/mol. The normalized spacial score (nSPS) is 12.2. The first-order valence-electron chi connectivity index (χ1n) is 6.92. The number of methoxy groups -OCH3 is 1.